The predicted molar refractivity (Wildman–Crippen MR) is 77.4 cm³/mol. The number of benzene rings is 1. The lowest BCUT2D eigenvalue weighted by Crippen LogP contribution is -2.06. The second-order valence-corrected chi connectivity index (χ2v) is 4.65. The molecule has 0 atom stereocenters. The molecule has 0 radical (unpaired) electrons. The van der Waals surface area contributed by atoms with Gasteiger partial charge in [-0.05, 0) is 37.1 Å². The second kappa shape index (κ2) is 6.91. The van der Waals surface area contributed by atoms with Crippen molar-refractivity contribution in [3.63, 3.8) is 0 Å². The lowest BCUT2D eigenvalue weighted by Gasteiger charge is -2.09. The highest BCUT2D eigenvalue weighted by Crippen LogP contribution is 2.24. The molecule has 0 saturated carbocycles. The number of nitrogens with zero attached hydrogens (tertiary/aromatic N) is 2. The van der Waals surface area contributed by atoms with Crippen LogP contribution in [0.1, 0.15) is 12.8 Å². The third kappa shape index (κ3) is 3.96. The van der Waals surface area contributed by atoms with E-state index in [1.54, 1.807) is 6.20 Å². The molecule has 0 aliphatic rings. The Morgan fingerprint density at radius 2 is 2.20 bits per heavy atom. The van der Waals surface area contributed by atoms with E-state index in [9.17, 15) is 10.1 Å². The van der Waals surface area contributed by atoms with Gasteiger partial charge in [-0.1, -0.05) is 11.6 Å². The van der Waals surface area contributed by atoms with Crippen LogP contribution in [0.2, 0.25) is 5.02 Å². The molecule has 0 fully saturated rings. The molecule has 106 valence electrons. The van der Waals surface area contributed by atoms with Crippen molar-refractivity contribution < 1.29 is 9.92 Å². The summed E-state index contributed by atoms with van der Waals surface area (Å²) in [7, 11) is 0. The molecular formula is C13H14ClN3O3. The molecule has 1 aromatic heterocycles. The Kier molecular flexibility index (Phi) is 4.95. The third-order valence-corrected chi connectivity index (χ3v) is 3.02. The summed E-state index contributed by atoms with van der Waals surface area (Å²) in [5.41, 5.74) is 1.81. The van der Waals surface area contributed by atoms with Gasteiger partial charge in [0.25, 0.3) is 5.09 Å². The standard InChI is InChI=1S/C13H14ClN3O3/c14-10-3-4-11-12(5-7-16-13(11)9-10)15-6-1-2-8-20-17(18)19/h3-5,7,9H,1-2,6,8H2,(H,15,16). The smallest absolute Gasteiger partial charge is 0.294 e. The highest BCUT2D eigenvalue weighted by molar-refractivity contribution is 6.31. The van der Waals surface area contributed by atoms with Crippen LogP contribution in [0.3, 0.4) is 0 Å². The van der Waals surface area contributed by atoms with E-state index in [4.69, 9.17) is 11.6 Å². The van der Waals surface area contributed by atoms with E-state index in [0.717, 1.165) is 23.0 Å². The Balaban J connectivity index is 1.88. The molecule has 2 rings (SSSR count). The highest BCUT2D eigenvalue weighted by atomic mass is 35.5. The zero-order valence-corrected chi connectivity index (χ0v) is 11.5. The van der Waals surface area contributed by atoms with E-state index in [2.05, 4.69) is 15.1 Å². The monoisotopic (exact) mass is 295 g/mol. The van der Waals surface area contributed by atoms with Gasteiger partial charge in [0.2, 0.25) is 0 Å². The quantitative estimate of drug-likeness (QED) is 0.482. The van der Waals surface area contributed by atoms with Crippen LogP contribution in [0.4, 0.5) is 5.69 Å². The number of rotatable bonds is 7. The average Bonchev–Trinajstić information content (AvgIpc) is 2.42. The van der Waals surface area contributed by atoms with Crippen LogP contribution < -0.4 is 5.32 Å². The Hall–Kier alpha value is -2.08. The molecule has 1 aromatic carbocycles. The minimum absolute atomic E-state index is 0.126. The molecule has 0 aliphatic carbocycles. The van der Waals surface area contributed by atoms with Crippen LogP contribution in [-0.4, -0.2) is 23.2 Å². The van der Waals surface area contributed by atoms with Crippen molar-refractivity contribution in [3.05, 3.63) is 45.6 Å². The first-order valence-corrected chi connectivity index (χ1v) is 6.60. The van der Waals surface area contributed by atoms with Crippen LogP contribution in [0, 0.1) is 10.1 Å². The molecule has 0 unspecified atom stereocenters. The van der Waals surface area contributed by atoms with Crippen molar-refractivity contribution in [3.8, 4) is 0 Å². The van der Waals surface area contributed by atoms with Gasteiger partial charge in [0.15, 0.2) is 0 Å². The Bertz CT molecular complexity index is 606. The fraction of sp³-hybridized carbons (Fsp3) is 0.308. The zero-order valence-electron chi connectivity index (χ0n) is 10.7. The average molecular weight is 296 g/mol. The summed E-state index contributed by atoms with van der Waals surface area (Å²) in [5.74, 6) is 0. The largest absolute Gasteiger partial charge is 0.384 e. The van der Waals surface area contributed by atoms with Crippen LogP contribution in [-0.2, 0) is 4.84 Å². The topological polar surface area (TPSA) is 77.3 Å². The number of aromatic nitrogens is 1. The van der Waals surface area contributed by atoms with Gasteiger partial charge >= 0.3 is 0 Å². The van der Waals surface area contributed by atoms with Gasteiger partial charge in [0.1, 0.15) is 0 Å². The van der Waals surface area contributed by atoms with Gasteiger partial charge in [-0.3, -0.25) is 4.98 Å². The summed E-state index contributed by atoms with van der Waals surface area (Å²) in [6.45, 7) is 0.837. The Labute approximate surface area is 120 Å². The SMILES string of the molecule is O=[N+]([O-])OCCCCNc1ccnc2cc(Cl)ccc12. The number of halogens is 1. The minimum Gasteiger partial charge on any atom is -0.384 e. The first kappa shape index (κ1) is 14.3. The van der Waals surface area contributed by atoms with Crippen molar-refractivity contribution in [1.82, 2.24) is 4.98 Å². The van der Waals surface area contributed by atoms with E-state index >= 15 is 0 Å². The molecule has 7 heteroatoms. The van der Waals surface area contributed by atoms with E-state index in [0.29, 0.717) is 18.0 Å². The zero-order chi connectivity index (χ0) is 14.4. The summed E-state index contributed by atoms with van der Waals surface area (Å²) in [4.78, 5) is 18.5. The van der Waals surface area contributed by atoms with Crippen LogP contribution >= 0.6 is 11.6 Å². The summed E-state index contributed by atoms with van der Waals surface area (Å²) in [6.07, 6.45) is 3.13. The van der Waals surface area contributed by atoms with Crippen LogP contribution in [0.25, 0.3) is 10.9 Å². The Morgan fingerprint density at radius 1 is 1.35 bits per heavy atom. The number of hydrogen-bond acceptors (Lipinski definition) is 5. The maximum Gasteiger partial charge on any atom is 0.294 e. The van der Waals surface area contributed by atoms with Crippen molar-refractivity contribution in [1.29, 1.82) is 0 Å². The van der Waals surface area contributed by atoms with Gasteiger partial charge in [0.05, 0.1) is 12.1 Å². The van der Waals surface area contributed by atoms with Gasteiger partial charge in [-0.2, -0.15) is 0 Å². The predicted octanol–water partition coefficient (Wildman–Crippen LogP) is 3.29. The lowest BCUT2D eigenvalue weighted by atomic mass is 10.2. The van der Waals surface area contributed by atoms with Gasteiger partial charge in [0, 0.05) is 28.8 Å². The maximum absolute atomic E-state index is 9.98. The molecule has 2 aromatic rings. The van der Waals surface area contributed by atoms with Crippen molar-refractivity contribution in [2.45, 2.75) is 12.8 Å². The van der Waals surface area contributed by atoms with Crippen molar-refractivity contribution in [2.24, 2.45) is 0 Å². The molecule has 0 spiro atoms. The number of anilines is 1. The second-order valence-electron chi connectivity index (χ2n) is 4.21. The molecule has 1 heterocycles. The molecule has 6 nitrogen and oxygen atoms in total. The van der Waals surface area contributed by atoms with Crippen molar-refractivity contribution >= 4 is 28.2 Å². The summed E-state index contributed by atoms with van der Waals surface area (Å²) in [6, 6.07) is 7.45. The molecule has 0 bridgehead atoms. The van der Waals surface area contributed by atoms with Crippen molar-refractivity contribution in [2.75, 3.05) is 18.5 Å². The number of hydrogen-bond donors (Lipinski definition) is 1. The molecule has 20 heavy (non-hydrogen) atoms. The first-order chi connectivity index (χ1) is 9.66. The number of unbranched alkanes of at least 4 members (excludes halogenated alkanes) is 1. The minimum atomic E-state index is -0.770. The fourth-order valence-electron chi connectivity index (χ4n) is 1.86. The molecule has 0 saturated heterocycles. The molecule has 0 aliphatic heterocycles. The van der Waals surface area contributed by atoms with E-state index in [1.807, 2.05) is 24.3 Å². The highest BCUT2D eigenvalue weighted by Gasteiger charge is 2.02. The van der Waals surface area contributed by atoms with E-state index < -0.39 is 5.09 Å². The first-order valence-electron chi connectivity index (χ1n) is 6.22. The van der Waals surface area contributed by atoms with Gasteiger partial charge in [-0.15, -0.1) is 10.1 Å². The summed E-state index contributed by atoms with van der Waals surface area (Å²) < 4.78 is 0. The summed E-state index contributed by atoms with van der Waals surface area (Å²) in [5, 5.41) is 14.1. The number of fused-ring (bicyclic) bond motifs is 1. The van der Waals surface area contributed by atoms with E-state index in [-0.39, 0.29) is 6.61 Å². The Morgan fingerprint density at radius 3 is 3.00 bits per heavy atom. The molecule has 0 amide bonds. The third-order valence-electron chi connectivity index (χ3n) is 2.79. The summed E-state index contributed by atoms with van der Waals surface area (Å²) >= 11 is 5.93. The van der Waals surface area contributed by atoms with Gasteiger partial charge in [-0.25, -0.2) is 0 Å². The van der Waals surface area contributed by atoms with Crippen LogP contribution in [0.15, 0.2) is 30.5 Å². The van der Waals surface area contributed by atoms with E-state index in [1.165, 1.54) is 0 Å². The molecule has 1 N–H and O–H groups in total. The maximum atomic E-state index is 9.98. The lowest BCUT2D eigenvalue weighted by molar-refractivity contribution is -0.757. The normalized spacial score (nSPS) is 10.4. The van der Waals surface area contributed by atoms with Crippen LogP contribution in [0.5, 0.6) is 0 Å². The van der Waals surface area contributed by atoms with Gasteiger partial charge < -0.3 is 10.2 Å². The molecular weight excluding hydrogens is 282 g/mol. The number of nitrogens with one attached hydrogen (secondary N) is 1. The number of pyridine rings is 1. The fourth-order valence-corrected chi connectivity index (χ4v) is 2.03.